The van der Waals surface area contributed by atoms with Crippen LogP contribution in [0.3, 0.4) is 0 Å². The molecule has 1 amide bonds. The molecule has 0 aliphatic rings. The molecule has 3 nitrogen and oxygen atoms in total. The molecule has 0 aromatic rings. The molecule has 0 aromatic heterocycles. The highest BCUT2D eigenvalue weighted by Crippen LogP contribution is 2.16. The van der Waals surface area contributed by atoms with Crippen molar-refractivity contribution in [3.05, 3.63) is 0 Å². The van der Waals surface area contributed by atoms with Gasteiger partial charge in [-0.15, -0.1) is 0 Å². The van der Waals surface area contributed by atoms with E-state index in [1.165, 1.54) is 64.2 Å². The first-order valence-electron chi connectivity index (χ1n) is 9.69. The zero-order valence-corrected chi connectivity index (χ0v) is 15.3. The Morgan fingerprint density at radius 1 is 0.773 bits per heavy atom. The lowest BCUT2D eigenvalue weighted by Gasteiger charge is -2.18. The van der Waals surface area contributed by atoms with Gasteiger partial charge >= 0.3 is 6.09 Å². The molecule has 0 aliphatic heterocycles. The lowest BCUT2D eigenvalue weighted by atomic mass is 10.0. The first kappa shape index (κ1) is 21.3. The Balaban J connectivity index is 3.84. The van der Waals surface area contributed by atoms with Crippen molar-refractivity contribution < 1.29 is 9.53 Å². The third-order valence-corrected chi connectivity index (χ3v) is 4.05. The molecule has 22 heavy (non-hydrogen) atoms. The molecule has 3 heteroatoms. The number of amides is 1. The summed E-state index contributed by atoms with van der Waals surface area (Å²) in [6.07, 6.45) is 15.7. The number of unbranched alkanes of at least 4 members (excludes halogenated alkanes) is 8. The van der Waals surface area contributed by atoms with E-state index in [9.17, 15) is 4.79 Å². The van der Waals surface area contributed by atoms with Crippen molar-refractivity contribution in [1.29, 1.82) is 0 Å². The van der Waals surface area contributed by atoms with Gasteiger partial charge in [0.1, 0.15) is 6.10 Å². The van der Waals surface area contributed by atoms with E-state index in [4.69, 9.17) is 4.74 Å². The van der Waals surface area contributed by atoms with Gasteiger partial charge in [0.15, 0.2) is 0 Å². The van der Waals surface area contributed by atoms with E-state index < -0.39 is 0 Å². The predicted octanol–water partition coefficient (Wildman–Crippen LogP) is 6.21. The van der Waals surface area contributed by atoms with E-state index in [0.29, 0.717) is 6.54 Å². The van der Waals surface area contributed by atoms with Crippen LogP contribution >= 0.6 is 0 Å². The molecule has 0 saturated heterocycles. The Morgan fingerprint density at radius 3 is 1.86 bits per heavy atom. The number of carbonyl (C=O) groups excluding carboxylic acids is 1. The van der Waals surface area contributed by atoms with Crippen LogP contribution < -0.4 is 5.32 Å². The van der Waals surface area contributed by atoms with Gasteiger partial charge in [0, 0.05) is 6.54 Å². The number of alkyl carbamates (subject to hydrolysis) is 1. The molecule has 0 radical (unpaired) electrons. The van der Waals surface area contributed by atoms with Crippen LogP contribution in [0.25, 0.3) is 0 Å². The zero-order valence-electron chi connectivity index (χ0n) is 15.3. The first-order valence-corrected chi connectivity index (χ1v) is 9.69. The molecule has 0 spiro atoms. The van der Waals surface area contributed by atoms with Crippen LogP contribution in [0.2, 0.25) is 0 Å². The second-order valence-electron chi connectivity index (χ2n) is 6.36. The van der Waals surface area contributed by atoms with Gasteiger partial charge in [-0.05, 0) is 32.1 Å². The third-order valence-electron chi connectivity index (χ3n) is 4.05. The Labute approximate surface area is 138 Å². The summed E-state index contributed by atoms with van der Waals surface area (Å²) in [5.74, 6) is 0. The van der Waals surface area contributed by atoms with Gasteiger partial charge < -0.3 is 10.1 Å². The summed E-state index contributed by atoms with van der Waals surface area (Å²) in [6, 6.07) is 0. The second-order valence-corrected chi connectivity index (χ2v) is 6.36. The van der Waals surface area contributed by atoms with Crippen molar-refractivity contribution in [2.75, 3.05) is 6.54 Å². The maximum Gasteiger partial charge on any atom is 0.407 e. The topological polar surface area (TPSA) is 38.3 Å². The number of rotatable bonds is 15. The number of carbonyl (C=O) groups is 1. The molecule has 0 bridgehead atoms. The summed E-state index contributed by atoms with van der Waals surface area (Å²) >= 11 is 0. The molecular formula is C19H39NO2. The summed E-state index contributed by atoms with van der Waals surface area (Å²) in [4.78, 5) is 11.7. The Hall–Kier alpha value is -0.730. The highest BCUT2D eigenvalue weighted by atomic mass is 16.6. The van der Waals surface area contributed by atoms with Crippen LogP contribution in [0.4, 0.5) is 4.79 Å². The number of ether oxygens (including phenoxy) is 1. The number of hydrogen-bond acceptors (Lipinski definition) is 2. The largest absolute Gasteiger partial charge is 0.446 e. The SMILES string of the molecule is CCCCCCCCCC(CCCCC)OC(=O)NCCC. The van der Waals surface area contributed by atoms with Crippen molar-refractivity contribution in [1.82, 2.24) is 5.32 Å². The maximum absolute atomic E-state index is 11.7. The van der Waals surface area contributed by atoms with Crippen LogP contribution in [-0.2, 0) is 4.74 Å². The summed E-state index contributed by atoms with van der Waals surface area (Å²) in [5.41, 5.74) is 0. The fraction of sp³-hybridized carbons (Fsp3) is 0.947. The summed E-state index contributed by atoms with van der Waals surface area (Å²) in [5, 5.41) is 2.82. The molecule has 1 unspecified atom stereocenters. The van der Waals surface area contributed by atoms with Crippen LogP contribution in [0, 0.1) is 0 Å². The van der Waals surface area contributed by atoms with Crippen molar-refractivity contribution >= 4 is 6.09 Å². The quantitative estimate of drug-likeness (QED) is 0.365. The van der Waals surface area contributed by atoms with Gasteiger partial charge in [0.25, 0.3) is 0 Å². The normalized spacial score (nSPS) is 12.1. The molecule has 0 aliphatic carbocycles. The Morgan fingerprint density at radius 2 is 1.27 bits per heavy atom. The lowest BCUT2D eigenvalue weighted by Crippen LogP contribution is -2.29. The fourth-order valence-corrected chi connectivity index (χ4v) is 2.63. The predicted molar refractivity (Wildman–Crippen MR) is 95.3 cm³/mol. The maximum atomic E-state index is 11.7. The molecule has 0 aromatic carbocycles. The second kappa shape index (κ2) is 16.6. The highest BCUT2D eigenvalue weighted by molar-refractivity contribution is 5.67. The van der Waals surface area contributed by atoms with E-state index in [1.54, 1.807) is 0 Å². The van der Waals surface area contributed by atoms with Gasteiger partial charge in [-0.25, -0.2) is 4.79 Å². The molecule has 0 fully saturated rings. The van der Waals surface area contributed by atoms with Crippen molar-refractivity contribution in [2.24, 2.45) is 0 Å². The minimum absolute atomic E-state index is 0.110. The number of hydrogen-bond donors (Lipinski definition) is 1. The summed E-state index contributed by atoms with van der Waals surface area (Å²) < 4.78 is 5.59. The van der Waals surface area contributed by atoms with E-state index in [2.05, 4.69) is 26.1 Å². The minimum atomic E-state index is -0.230. The minimum Gasteiger partial charge on any atom is -0.446 e. The van der Waals surface area contributed by atoms with Gasteiger partial charge in [0.2, 0.25) is 0 Å². The molecule has 132 valence electrons. The van der Waals surface area contributed by atoms with Gasteiger partial charge in [0.05, 0.1) is 0 Å². The lowest BCUT2D eigenvalue weighted by molar-refractivity contribution is 0.0843. The monoisotopic (exact) mass is 313 g/mol. The van der Waals surface area contributed by atoms with E-state index in [1.807, 2.05) is 0 Å². The van der Waals surface area contributed by atoms with Crippen LogP contribution in [0.5, 0.6) is 0 Å². The van der Waals surface area contributed by atoms with Crippen LogP contribution in [-0.4, -0.2) is 18.7 Å². The van der Waals surface area contributed by atoms with Gasteiger partial charge in [-0.2, -0.15) is 0 Å². The Bertz CT molecular complexity index is 244. The van der Waals surface area contributed by atoms with Crippen molar-refractivity contribution in [3.63, 3.8) is 0 Å². The van der Waals surface area contributed by atoms with Crippen LogP contribution in [0.1, 0.15) is 104 Å². The molecule has 0 heterocycles. The van der Waals surface area contributed by atoms with Crippen LogP contribution in [0.15, 0.2) is 0 Å². The molecular weight excluding hydrogens is 274 g/mol. The zero-order chi connectivity index (χ0) is 16.5. The average Bonchev–Trinajstić information content (AvgIpc) is 2.52. The standard InChI is InChI=1S/C19H39NO2/c1-4-7-9-10-11-12-14-16-18(15-13-8-5-2)22-19(21)20-17-6-3/h18H,4-17H2,1-3H3,(H,20,21). The van der Waals surface area contributed by atoms with E-state index in [0.717, 1.165) is 19.3 Å². The highest BCUT2D eigenvalue weighted by Gasteiger charge is 2.13. The smallest absolute Gasteiger partial charge is 0.407 e. The van der Waals surface area contributed by atoms with Gasteiger partial charge in [-0.3, -0.25) is 0 Å². The Kier molecular flexibility index (Phi) is 16.1. The fourth-order valence-electron chi connectivity index (χ4n) is 2.63. The molecule has 1 atom stereocenters. The first-order chi connectivity index (χ1) is 10.7. The summed E-state index contributed by atoms with van der Waals surface area (Å²) in [6.45, 7) is 7.22. The number of nitrogens with one attached hydrogen (secondary N) is 1. The molecule has 0 rings (SSSR count). The van der Waals surface area contributed by atoms with Gasteiger partial charge in [-0.1, -0.05) is 72.1 Å². The molecule has 1 N–H and O–H groups in total. The van der Waals surface area contributed by atoms with Crippen molar-refractivity contribution in [3.8, 4) is 0 Å². The van der Waals surface area contributed by atoms with Crippen molar-refractivity contribution in [2.45, 2.75) is 110 Å². The third kappa shape index (κ3) is 14.2. The van der Waals surface area contributed by atoms with E-state index in [-0.39, 0.29) is 12.2 Å². The molecule has 0 saturated carbocycles. The van der Waals surface area contributed by atoms with E-state index >= 15 is 0 Å². The summed E-state index contributed by atoms with van der Waals surface area (Å²) in [7, 11) is 0. The average molecular weight is 314 g/mol.